The highest BCUT2D eigenvalue weighted by atomic mass is 32.1. The number of nitrogens with one attached hydrogen (secondary N) is 1. The number of aromatic nitrogens is 4. The fourth-order valence-electron chi connectivity index (χ4n) is 2.99. The number of rotatable bonds is 3. The Morgan fingerprint density at radius 3 is 2.81 bits per heavy atom. The van der Waals surface area contributed by atoms with E-state index in [2.05, 4.69) is 45.6 Å². The molecule has 0 saturated carbocycles. The van der Waals surface area contributed by atoms with E-state index < -0.39 is 0 Å². The fraction of sp³-hybridized carbons (Fsp3) is 0.0500. The van der Waals surface area contributed by atoms with Crippen molar-refractivity contribution < 1.29 is 0 Å². The molecule has 0 atom stereocenters. The third-order valence-electron chi connectivity index (χ3n) is 4.21. The molecule has 0 unspecified atom stereocenters. The van der Waals surface area contributed by atoms with Gasteiger partial charge in [0.2, 0.25) is 0 Å². The minimum absolute atomic E-state index is 0.767. The molecule has 5 rings (SSSR count). The van der Waals surface area contributed by atoms with Crippen molar-refractivity contribution >= 4 is 38.6 Å². The third-order valence-corrected chi connectivity index (χ3v) is 5.35. The van der Waals surface area contributed by atoms with Gasteiger partial charge in [-0.3, -0.25) is 4.98 Å². The zero-order valence-corrected chi connectivity index (χ0v) is 14.9. The number of benzene rings is 1. The second-order valence-corrected chi connectivity index (χ2v) is 7.18. The second-order valence-electron chi connectivity index (χ2n) is 6.09. The van der Waals surface area contributed by atoms with E-state index in [4.69, 9.17) is 5.10 Å². The van der Waals surface area contributed by atoms with Gasteiger partial charge < -0.3 is 5.32 Å². The van der Waals surface area contributed by atoms with Crippen molar-refractivity contribution in [1.82, 2.24) is 19.6 Å². The third kappa shape index (κ3) is 2.60. The first-order valence-corrected chi connectivity index (χ1v) is 9.11. The topological polar surface area (TPSA) is 55.1 Å². The normalized spacial score (nSPS) is 11.3. The Morgan fingerprint density at radius 2 is 1.92 bits per heavy atom. The number of pyridine rings is 1. The lowest BCUT2D eigenvalue weighted by molar-refractivity contribution is 0.950. The van der Waals surface area contributed by atoms with Crippen molar-refractivity contribution in [3.8, 4) is 10.6 Å². The maximum atomic E-state index is 4.74. The molecule has 1 aromatic carbocycles. The Bertz CT molecular complexity index is 1200. The summed E-state index contributed by atoms with van der Waals surface area (Å²) in [5, 5.41) is 9.31. The van der Waals surface area contributed by atoms with Gasteiger partial charge >= 0.3 is 0 Å². The number of aryl methyl sites for hydroxylation is 1. The van der Waals surface area contributed by atoms with Gasteiger partial charge in [-0.05, 0) is 48.7 Å². The summed E-state index contributed by atoms with van der Waals surface area (Å²) < 4.78 is 3.15. The largest absolute Gasteiger partial charge is 0.339 e. The van der Waals surface area contributed by atoms with Crippen LogP contribution < -0.4 is 5.32 Å². The molecule has 0 aliphatic carbocycles. The van der Waals surface area contributed by atoms with Gasteiger partial charge in [-0.15, -0.1) is 16.4 Å². The Kier molecular flexibility index (Phi) is 3.43. The van der Waals surface area contributed by atoms with Gasteiger partial charge in [0.1, 0.15) is 5.69 Å². The maximum Gasteiger partial charge on any atom is 0.154 e. The van der Waals surface area contributed by atoms with E-state index in [9.17, 15) is 0 Å². The second kappa shape index (κ2) is 5.93. The van der Waals surface area contributed by atoms with Crippen molar-refractivity contribution in [3.05, 3.63) is 72.7 Å². The molecule has 0 fully saturated rings. The molecule has 0 spiro atoms. The van der Waals surface area contributed by atoms with E-state index in [1.54, 1.807) is 17.5 Å². The minimum atomic E-state index is 0.767. The van der Waals surface area contributed by atoms with Crippen LogP contribution in [-0.2, 0) is 0 Å². The molecule has 0 bridgehead atoms. The van der Waals surface area contributed by atoms with Gasteiger partial charge in [0.15, 0.2) is 11.5 Å². The van der Waals surface area contributed by atoms with Gasteiger partial charge in [-0.2, -0.15) is 0 Å². The molecule has 0 amide bonds. The van der Waals surface area contributed by atoms with E-state index in [1.807, 2.05) is 41.9 Å². The summed E-state index contributed by atoms with van der Waals surface area (Å²) in [6.07, 6.45) is 3.67. The molecule has 5 aromatic rings. The molecule has 1 N–H and O–H groups in total. The predicted molar refractivity (Wildman–Crippen MR) is 106 cm³/mol. The highest BCUT2D eigenvalue weighted by molar-refractivity contribution is 7.22. The minimum Gasteiger partial charge on any atom is -0.339 e. The highest BCUT2D eigenvalue weighted by Gasteiger charge is 2.11. The van der Waals surface area contributed by atoms with Crippen LogP contribution in [0.15, 0.2) is 67.0 Å². The summed E-state index contributed by atoms with van der Waals surface area (Å²) in [7, 11) is 0. The summed E-state index contributed by atoms with van der Waals surface area (Å²) in [6.45, 7) is 1.97. The molecular weight excluding hydrogens is 342 g/mol. The zero-order chi connectivity index (χ0) is 17.5. The average Bonchev–Trinajstić information content (AvgIpc) is 3.25. The van der Waals surface area contributed by atoms with Crippen LogP contribution in [0.25, 0.3) is 26.3 Å². The Hall–Kier alpha value is -3.25. The van der Waals surface area contributed by atoms with Crippen LogP contribution in [0.4, 0.5) is 11.5 Å². The highest BCUT2D eigenvalue weighted by Crippen LogP contribution is 2.33. The van der Waals surface area contributed by atoms with Crippen LogP contribution in [0.5, 0.6) is 0 Å². The number of fused-ring (bicyclic) bond motifs is 2. The lowest BCUT2D eigenvalue weighted by Gasteiger charge is -2.07. The number of thiophene rings is 1. The molecule has 6 heteroatoms. The Balaban J connectivity index is 1.58. The molecular formula is C20H15N5S. The number of hydrogen-bond donors (Lipinski definition) is 1. The van der Waals surface area contributed by atoms with E-state index in [0.717, 1.165) is 33.4 Å². The van der Waals surface area contributed by atoms with Gasteiger partial charge in [-0.25, -0.2) is 9.50 Å². The van der Waals surface area contributed by atoms with Crippen LogP contribution in [0.2, 0.25) is 0 Å². The smallest absolute Gasteiger partial charge is 0.154 e. The van der Waals surface area contributed by atoms with E-state index in [-0.39, 0.29) is 0 Å². The molecule has 0 aliphatic heterocycles. The van der Waals surface area contributed by atoms with Crippen LogP contribution in [0.3, 0.4) is 0 Å². The molecule has 0 radical (unpaired) electrons. The molecule has 0 saturated heterocycles. The summed E-state index contributed by atoms with van der Waals surface area (Å²) >= 11 is 1.75. The van der Waals surface area contributed by atoms with Gasteiger partial charge in [0.05, 0.1) is 11.1 Å². The Labute approximate surface area is 154 Å². The van der Waals surface area contributed by atoms with Crippen LogP contribution in [0, 0.1) is 6.92 Å². The van der Waals surface area contributed by atoms with Crippen molar-refractivity contribution in [3.63, 3.8) is 0 Å². The average molecular weight is 357 g/mol. The van der Waals surface area contributed by atoms with E-state index in [1.165, 1.54) is 10.1 Å². The summed E-state index contributed by atoms with van der Waals surface area (Å²) in [4.78, 5) is 9.88. The molecule has 4 heterocycles. The first-order valence-electron chi connectivity index (χ1n) is 8.30. The quantitative estimate of drug-likeness (QED) is 0.490. The number of imidazole rings is 1. The molecule has 26 heavy (non-hydrogen) atoms. The maximum absolute atomic E-state index is 4.74. The van der Waals surface area contributed by atoms with Gasteiger partial charge in [-0.1, -0.05) is 18.2 Å². The van der Waals surface area contributed by atoms with Crippen molar-refractivity contribution in [2.24, 2.45) is 0 Å². The van der Waals surface area contributed by atoms with E-state index in [0.29, 0.717) is 0 Å². The SMILES string of the molecule is Cc1cc(Nc2ccc3ncc(-c4cc5ccccc5s4)n3n2)ccn1. The fourth-order valence-corrected chi connectivity index (χ4v) is 4.05. The zero-order valence-electron chi connectivity index (χ0n) is 14.0. The number of anilines is 2. The van der Waals surface area contributed by atoms with Crippen molar-refractivity contribution in [2.75, 3.05) is 5.32 Å². The van der Waals surface area contributed by atoms with Gasteiger partial charge in [0.25, 0.3) is 0 Å². The standard InChI is InChI=1S/C20H15N5S/c1-13-10-15(8-9-21-13)23-19-6-7-20-22-12-16(25(20)24-19)18-11-14-4-2-3-5-17(14)26-18/h2-12H,1H3,(H,21,23,24). The van der Waals surface area contributed by atoms with Gasteiger partial charge in [0, 0.05) is 22.3 Å². The molecule has 5 nitrogen and oxygen atoms in total. The summed E-state index contributed by atoms with van der Waals surface area (Å²) in [6, 6.07) is 18.4. The van der Waals surface area contributed by atoms with Crippen molar-refractivity contribution in [2.45, 2.75) is 6.92 Å². The predicted octanol–water partition coefficient (Wildman–Crippen LogP) is 5.06. The molecule has 126 valence electrons. The molecule has 0 aliphatic rings. The lowest BCUT2D eigenvalue weighted by Crippen LogP contribution is -2.00. The summed E-state index contributed by atoms with van der Waals surface area (Å²) in [5.74, 6) is 0.767. The van der Waals surface area contributed by atoms with Crippen LogP contribution in [-0.4, -0.2) is 19.6 Å². The Morgan fingerprint density at radius 1 is 1.00 bits per heavy atom. The number of hydrogen-bond acceptors (Lipinski definition) is 5. The first kappa shape index (κ1) is 15.0. The monoisotopic (exact) mass is 357 g/mol. The summed E-state index contributed by atoms with van der Waals surface area (Å²) in [5.41, 5.74) is 3.75. The lowest BCUT2D eigenvalue weighted by atomic mass is 10.2. The van der Waals surface area contributed by atoms with E-state index >= 15 is 0 Å². The molecule has 4 aromatic heterocycles. The first-order chi connectivity index (χ1) is 12.8. The number of nitrogens with zero attached hydrogens (tertiary/aromatic N) is 4. The van der Waals surface area contributed by atoms with Crippen LogP contribution in [0.1, 0.15) is 5.69 Å². The van der Waals surface area contributed by atoms with Crippen LogP contribution >= 0.6 is 11.3 Å². The van der Waals surface area contributed by atoms with Crippen molar-refractivity contribution in [1.29, 1.82) is 0 Å².